The number of carbonyl (C=O) groups is 1. The molecule has 1 aromatic heterocycles. The summed E-state index contributed by atoms with van der Waals surface area (Å²) < 4.78 is 8.21. The Kier molecular flexibility index (Phi) is 9.06. The van der Waals surface area contributed by atoms with E-state index in [-0.39, 0.29) is 6.10 Å². The summed E-state index contributed by atoms with van der Waals surface area (Å²) in [7, 11) is 0. The van der Waals surface area contributed by atoms with Crippen molar-refractivity contribution in [3.05, 3.63) is 46.5 Å². The van der Waals surface area contributed by atoms with Gasteiger partial charge in [0, 0.05) is 16.0 Å². The summed E-state index contributed by atoms with van der Waals surface area (Å²) >= 11 is 12.6. The Morgan fingerprint density at radius 3 is 2.51 bits per heavy atom. The summed E-state index contributed by atoms with van der Waals surface area (Å²) in [6.45, 7) is 12.7. The van der Waals surface area contributed by atoms with E-state index in [2.05, 4.69) is 30.9 Å². The van der Waals surface area contributed by atoms with Crippen molar-refractivity contribution >= 4 is 40.9 Å². The summed E-state index contributed by atoms with van der Waals surface area (Å²) in [5, 5.41) is 15.8. The minimum Gasteiger partial charge on any atom is -0.479 e. The number of hydrogen-bond acceptors (Lipinski definition) is 4. The maximum absolute atomic E-state index is 12.8. The van der Waals surface area contributed by atoms with Crippen molar-refractivity contribution in [3.8, 4) is 0 Å². The zero-order chi connectivity index (χ0) is 25.9. The molecule has 0 aliphatic heterocycles. The Labute approximate surface area is 218 Å². The van der Waals surface area contributed by atoms with Crippen molar-refractivity contribution in [1.29, 1.82) is 0 Å². The molecule has 1 heterocycles. The molecule has 1 saturated carbocycles. The average molecular weight is 523 g/mol. The van der Waals surface area contributed by atoms with Crippen LogP contribution >= 0.6 is 23.2 Å². The molecule has 0 saturated heterocycles. The first-order valence-corrected chi connectivity index (χ1v) is 13.0. The number of aromatic nitrogens is 3. The number of ether oxygens (including phenoxy) is 1. The van der Waals surface area contributed by atoms with Gasteiger partial charge >= 0.3 is 5.97 Å². The number of hydrogen-bond donors (Lipinski definition) is 1. The molecule has 1 aliphatic carbocycles. The van der Waals surface area contributed by atoms with Crippen molar-refractivity contribution in [1.82, 2.24) is 14.8 Å². The molecule has 0 spiro atoms. The third-order valence-electron chi connectivity index (χ3n) is 7.03. The second kappa shape index (κ2) is 11.4. The molecule has 0 radical (unpaired) electrons. The molecule has 5 atom stereocenters. The zero-order valence-electron chi connectivity index (χ0n) is 21.4. The molecule has 0 amide bonds. The maximum atomic E-state index is 12.8. The van der Waals surface area contributed by atoms with Crippen LogP contribution in [-0.4, -0.2) is 38.0 Å². The van der Waals surface area contributed by atoms with Gasteiger partial charge in [-0.1, -0.05) is 77.2 Å². The monoisotopic (exact) mass is 521 g/mol. The molecule has 5 unspecified atom stereocenters. The summed E-state index contributed by atoms with van der Waals surface area (Å²) in [5.41, 5.74) is 0.885. The lowest BCUT2D eigenvalue weighted by Gasteiger charge is -2.42. The van der Waals surface area contributed by atoms with E-state index in [0.717, 1.165) is 19.3 Å². The fourth-order valence-corrected chi connectivity index (χ4v) is 5.67. The van der Waals surface area contributed by atoms with Gasteiger partial charge in [0.25, 0.3) is 0 Å². The van der Waals surface area contributed by atoms with E-state index in [9.17, 15) is 9.90 Å². The third-order valence-corrected chi connectivity index (χ3v) is 7.59. The Hall–Kier alpha value is -1.89. The predicted octanol–water partition coefficient (Wildman–Crippen LogP) is 7.18. The number of halogens is 2. The average Bonchev–Trinajstić information content (AvgIpc) is 3.27. The smallest absolute Gasteiger partial charge is 0.333 e. The normalized spacial score (nSPS) is 23.3. The number of carboxylic acids is 1. The highest BCUT2D eigenvalue weighted by Gasteiger charge is 2.44. The first-order chi connectivity index (χ1) is 16.4. The van der Waals surface area contributed by atoms with E-state index in [1.165, 1.54) is 6.33 Å². The molecule has 1 N–H and O–H groups in total. The van der Waals surface area contributed by atoms with Crippen LogP contribution in [0.25, 0.3) is 11.8 Å². The van der Waals surface area contributed by atoms with Gasteiger partial charge in [-0.15, -0.1) is 0 Å². The van der Waals surface area contributed by atoms with E-state index in [1.807, 2.05) is 32.9 Å². The van der Waals surface area contributed by atoms with Crippen LogP contribution in [-0.2, 0) is 9.53 Å². The molecule has 6 nitrogen and oxygen atoms in total. The first kappa shape index (κ1) is 27.7. The minimum atomic E-state index is -1.08. The number of benzene rings is 1. The highest BCUT2D eigenvalue weighted by atomic mass is 35.5. The maximum Gasteiger partial charge on any atom is 0.333 e. The van der Waals surface area contributed by atoms with Crippen molar-refractivity contribution in [2.45, 2.75) is 73.0 Å². The van der Waals surface area contributed by atoms with Gasteiger partial charge in [-0.2, -0.15) is 5.10 Å². The van der Waals surface area contributed by atoms with Crippen LogP contribution in [0.3, 0.4) is 0 Å². The molecule has 35 heavy (non-hydrogen) atoms. The first-order valence-electron chi connectivity index (χ1n) is 12.3. The van der Waals surface area contributed by atoms with E-state index in [0.29, 0.717) is 39.1 Å². The van der Waals surface area contributed by atoms with Gasteiger partial charge in [0.15, 0.2) is 6.10 Å². The molecule has 1 aromatic carbocycles. The quantitative estimate of drug-likeness (QED) is 0.398. The molecule has 2 aromatic rings. The zero-order valence-corrected chi connectivity index (χ0v) is 22.9. The second-order valence-corrected chi connectivity index (χ2v) is 12.0. The molecule has 1 aliphatic rings. The van der Waals surface area contributed by atoms with Crippen molar-refractivity contribution in [2.24, 2.45) is 29.1 Å². The van der Waals surface area contributed by atoms with Crippen LogP contribution in [0.5, 0.6) is 0 Å². The predicted molar refractivity (Wildman–Crippen MR) is 141 cm³/mol. The lowest BCUT2D eigenvalue weighted by Crippen LogP contribution is -2.46. The van der Waals surface area contributed by atoms with E-state index in [1.54, 1.807) is 23.1 Å². The highest BCUT2D eigenvalue weighted by molar-refractivity contribution is 6.35. The number of rotatable bonds is 8. The fourth-order valence-electron chi connectivity index (χ4n) is 5.21. The fraction of sp³-hybridized carbons (Fsp3) is 0.593. The van der Waals surface area contributed by atoms with Crippen LogP contribution in [0.2, 0.25) is 10.0 Å². The summed E-state index contributed by atoms with van der Waals surface area (Å²) in [5.74, 6) is -0.306. The van der Waals surface area contributed by atoms with Gasteiger partial charge in [-0.25, -0.2) is 14.5 Å². The SMILES string of the molecule is CC1CCC(C(C)C)C(OC(C(=O)O)C(C(=Cc2ccc(Cl)cc2Cl)n2cncn2)C(C)(C)C)C1. The molecule has 1 fully saturated rings. The molecular weight excluding hydrogens is 485 g/mol. The molecule has 3 rings (SSSR count). The minimum absolute atomic E-state index is 0.124. The van der Waals surface area contributed by atoms with Gasteiger partial charge in [0.1, 0.15) is 12.7 Å². The summed E-state index contributed by atoms with van der Waals surface area (Å²) in [4.78, 5) is 16.9. The van der Waals surface area contributed by atoms with Crippen LogP contribution < -0.4 is 0 Å². The highest BCUT2D eigenvalue weighted by Crippen LogP contribution is 2.43. The van der Waals surface area contributed by atoms with Gasteiger partial charge in [-0.3, -0.25) is 0 Å². The lowest BCUT2D eigenvalue weighted by molar-refractivity contribution is -0.168. The van der Waals surface area contributed by atoms with Crippen molar-refractivity contribution < 1.29 is 14.6 Å². The molecule has 8 heteroatoms. The summed E-state index contributed by atoms with van der Waals surface area (Å²) in [6.07, 6.45) is 6.72. The van der Waals surface area contributed by atoms with Crippen LogP contribution in [0.4, 0.5) is 0 Å². The molecule has 0 bridgehead atoms. The van der Waals surface area contributed by atoms with Crippen LogP contribution in [0.15, 0.2) is 30.9 Å². The molecule has 192 valence electrons. The van der Waals surface area contributed by atoms with Crippen LogP contribution in [0.1, 0.15) is 66.4 Å². The van der Waals surface area contributed by atoms with Crippen LogP contribution in [0, 0.1) is 29.1 Å². The Balaban J connectivity index is 2.12. The Morgan fingerprint density at radius 2 is 1.97 bits per heavy atom. The standard InChI is InChI=1S/C27H37Cl2N3O3/c1-16(2)20-10-7-17(3)11-23(20)35-25(26(33)34)24(27(4,5)6)22(32-15-30-14-31-32)12-18-8-9-19(28)13-21(18)29/h8-9,12-17,20,23-25H,7,10-11H2,1-6H3,(H,33,34). The second-order valence-electron chi connectivity index (χ2n) is 11.2. The number of carboxylic acid groups (broad SMARTS) is 1. The van der Waals surface area contributed by atoms with Crippen molar-refractivity contribution in [3.63, 3.8) is 0 Å². The molecular formula is C27H37Cl2N3O3. The van der Waals surface area contributed by atoms with E-state index >= 15 is 0 Å². The Bertz CT molecular complexity index is 1030. The third kappa shape index (κ3) is 6.87. The number of nitrogens with zero attached hydrogens (tertiary/aromatic N) is 3. The largest absolute Gasteiger partial charge is 0.479 e. The topological polar surface area (TPSA) is 77.2 Å². The summed E-state index contributed by atoms with van der Waals surface area (Å²) in [6, 6.07) is 5.24. The van der Waals surface area contributed by atoms with Gasteiger partial charge in [-0.05, 0) is 59.8 Å². The number of aliphatic carboxylic acids is 1. The van der Waals surface area contributed by atoms with Gasteiger partial charge in [0.05, 0.1) is 11.8 Å². The van der Waals surface area contributed by atoms with E-state index in [4.69, 9.17) is 27.9 Å². The van der Waals surface area contributed by atoms with E-state index < -0.39 is 23.4 Å². The Morgan fingerprint density at radius 1 is 1.26 bits per heavy atom. The lowest BCUT2D eigenvalue weighted by atomic mass is 9.73. The van der Waals surface area contributed by atoms with Gasteiger partial charge in [0.2, 0.25) is 0 Å². The van der Waals surface area contributed by atoms with Crippen molar-refractivity contribution in [2.75, 3.05) is 0 Å². The van der Waals surface area contributed by atoms with Gasteiger partial charge < -0.3 is 9.84 Å².